The van der Waals surface area contributed by atoms with Crippen LogP contribution in [-0.2, 0) is 10.2 Å². The van der Waals surface area contributed by atoms with E-state index in [-0.39, 0.29) is 10.8 Å². The number of likely N-dealkylation sites (tertiary alicyclic amines) is 1. The van der Waals surface area contributed by atoms with Gasteiger partial charge in [0, 0.05) is 41.5 Å². The lowest BCUT2D eigenvalue weighted by Gasteiger charge is -2.46. The Bertz CT molecular complexity index is 1350. The molecule has 0 N–H and O–H groups in total. The first-order valence-corrected chi connectivity index (χ1v) is 16.5. The molecule has 2 bridgehead atoms. The molecule has 0 unspecified atom stereocenters. The molecule has 6 rings (SSSR count). The highest BCUT2D eigenvalue weighted by Crippen LogP contribution is 2.45. The van der Waals surface area contributed by atoms with E-state index in [0.717, 1.165) is 43.8 Å². The summed E-state index contributed by atoms with van der Waals surface area (Å²) in [6, 6.07) is 19.7. The highest BCUT2D eigenvalue weighted by molar-refractivity contribution is 7.98. The molecule has 0 spiro atoms. The van der Waals surface area contributed by atoms with Crippen molar-refractivity contribution in [1.29, 1.82) is 0 Å². The number of carbonyl (C=O) groups is 1. The van der Waals surface area contributed by atoms with Crippen molar-refractivity contribution < 1.29 is 4.79 Å². The normalized spacial score (nSPS) is 25.0. The van der Waals surface area contributed by atoms with Gasteiger partial charge in [-0.05, 0) is 99.9 Å². The first-order chi connectivity index (χ1) is 19.2. The molecule has 4 heterocycles. The van der Waals surface area contributed by atoms with Gasteiger partial charge in [0.05, 0.1) is 11.0 Å². The number of carbonyl (C=O) groups excluding carboxylic acids is 1. The molecule has 1 amide bonds. The maximum absolute atomic E-state index is 13.1. The molecule has 0 radical (unpaired) electrons. The summed E-state index contributed by atoms with van der Waals surface area (Å²) in [6.45, 7) is 11.2. The molecule has 40 heavy (non-hydrogen) atoms. The third-order valence-corrected chi connectivity index (χ3v) is 10.9. The molecule has 6 heteroatoms. The first kappa shape index (κ1) is 27.8. The van der Waals surface area contributed by atoms with Gasteiger partial charge < -0.3 is 9.47 Å². The van der Waals surface area contributed by atoms with Crippen LogP contribution < -0.4 is 0 Å². The van der Waals surface area contributed by atoms with E-state index in [1.54, 1.807) is 0 Å². The Balaban J connectivity index is 1.20. The predicted molar refractivity (Wildman–Crippen MR) is 166 cm³/mol. The lowest BCUT2D eigenvalue weighted by atomic mass is 9.70. The second kappa shape index (κ2) is 10.8. The molecule has 3 fully saturated rings. The van der Waals surface area contributed by atoms with Crippen molar-refractivity contribution in [3.8, 4) is 0 Å². The van der Waals surface area contributed by atoms with E-state index < -0.39 is 0 Å². The number of rotatable bonds is 6. The minimum Gasteiger partial charge on any atom is -0.342 e. The van der Waals surface area contributed by atoms with Gasteiger partial charge in [-0.1, -0.05) is 45.0 Å². The van der Waals surface area contributed by atoms with E-state index >= 15 is 0 Å². The Kier molecular flexibility index (Phi) is 7.54. The Hall–Kier alpha value is -2.31. The number of hydrogen-bond donors (Lipinski definition) is 0. The van der Waals surface area contributed by atoms with Crippen molar-refractivity contribution in [3.05, 3.63) is 59.9 Å². The van der Waals surface area contributed by atoms with Crippen LogP contribution in [0.3, 0.4) is 0 Å². The van der Waals surface area contributed by atoms with Gasteiger partial charge in [0.1, 0.15) is 5.82 Å². The van der Waals surface area contributed by atoms with E-state index in [2.05, 4.69) is 76.1 Å². The van der Waals surface area contributed by atoms with Gasteiger partial charge in [0.2, 0.25) is 5.91 Å². The minimum absolute atomic E-state index is 0.133. The summed E-state index contributed by atoms with van der Waals surface area (Å²) in [5, 5.41) is 0. The number of hydrogen-bond acceptors (Lipinski definition) is 4. The Labute approximate surface area is 244 Å². The first-order valence-electron chi connectivity index (χ1n) is 15.3. The smallest absolute Gasteiger partial charge is 0.227 e. The van der Waals surface area contributed by atoms with Crippen LogP contribution in [0.5, 0.6) is 0 Å². The van der Waals surface area contributed by atoms with Crippen molar-refractivity contribution in [1.82, 2.24) is 19.4 Å². The standard InChI is InChI=1S/C34H46N4OS/c1-24-35-30-11-6-7-12-31(30)38(24)28-22-26-13-14-27(23-28)37(26)20-17-34(25-9-8-10-29(21-25)40-5)15-18-36(19-16-34)32(39)33(2,3)4/h6-12,21,26-28H,13-20,22-23H2,1-5H3/t26-,27+,28+. The monoisotopic (exact) mass is 558 g/mol. The fraction of sp³-hybridized carbons (Fsp3) is 0.588. The minimum atomic E-state index is -0.318. The molecular weight excluding hydrogens is 512 g/mol. The fourth-order valence-corrected chi connectivity index (χ4v) is 8.50. The number of para-hydroxylation sites is 2. The third kappa shape index (κ3) is 5.11. The number of benzene rings is 2. The van der Waals surface area contributed by atoms with E-state index in [0.29, 0.717) is 24.0 Å². The summed E-state index contributed by atoms with van der Waals surface area (Å²) in [5.74, 6) is 1.45. The zero-order chi connectivity index (χ0) is 28.1. The van der Waals surface area contributed by atoms with Gasteiger partial charge >= 0.3 is 0 Å². The Morgan fingerprint density at radius 3 is 2.38 bits per heavy atom. The molecule has 3 aliphatic heterocycles. The van der Waals surface area contributed by atoms with Crippen LogP contribution in [0.2, 0.25) is 0 Å². The van der Waals surface area contributed by atoms with Crippen LogP contribution in [0.1, 0.15) is 83.1 Å². The molecule has 0 aliphatic carbocycles. The van der Waals surface area contributed by atoms with E-state index in [1.165, 1.54) is 48.1 Å². The number of aromatic nitrogens is 2. The van der Waals surface area contributed by atoms with Crippen LogP contribution >= 0.6 is 11.8 Å². The average molecular weight is 559 g/mol. The zero-order valence-corrected chi connectivity index (χ0v) is 25.8. The molecular formula is C34H46N4OS. The summed E-state index contributed by atoms with van der Waals surface area (Å²) in [6.07, 6.45) is 10.5. The van der Waals surface area contributed by atoms with Crippen LogP contribution in [0.15, 0.2) is 53.4 Å². The second-order valence-electron chi connectivity index (χ2n) is 13.6. The molecule has 3 aliphatic rings. The number of aryl methyl sites for hydroxylation is 1. The largest absolute Gasteiger partial charge is 0.342 e. The van der Waals surface area contributed by atoms with Gasteiger partial charge in [-0.2, -0.15) is 0 Å². The maximum Gasteiger partial charge on any atom is 0.227 e. The van der Waals surface area contributed by atoms with Crippen molar-refractivity contribution in [3.63, 3.8) is 0 Å². The average Bonchev–Trinajstić information content (AvgIpc) is 3.41. The zero-order valence-electron chi connectivity index (χ0n) is 25.0. The summed E-state index contributed by atoms with van der Waals surface area (Å²) in [4.78, 5) is 24.3. The lowest BCUT2D eigenvalue weighted by molar-refractivity contribution is -0.141. The van der Waals surface area contributed by atoms with E-state index in [1.807, 2.05) is 32.5 Å². The van der Waals surface area contributed by atoms with Crippen LogP contribution in [-0.4, -0.2) is 63.2 Å². The number of imidazole rings is 1. The number of piperidine rings is 2. The molecule has 3 aromatic rings. The SMILES string of the molecule is CSc1cccc(C2(CCN3[C@@H]4CC[C@H]3C[C@@H](n3c(C)nc5ccccc53)C4)CCN(C(=O)C(C)(C)C)CC2)c1. The quantitative estimate of drug-likeness (QED) is 0.299. The molecule has 5 nitrogen and oxygen atoms in total. The number of fused-ring (bicyclic) bond motifs is 3. The van der Waals surface area contributed by atoms with E-state index in [9.17, 15) is 4.79 Å². The Morgan fingerprint density at radius 1 is 1.00 bits per heavy atom. The van der Waals surface area contributed by atoms with Crippen LogP contribution in [0.4, 0.5) is 0 Å². The Morgan fingerprint density at radius 2 is 1.70 bits per heavy atom. The highest BCUT2D eigenvalue weighted by atomic mass is 32.2. The van der Waals surface area contributed by atoms with Gasteiger partial charge in [-0.15, -0.1) is 11.8 Å². The van der Waals surface area contributed by atoms with E-state index in [4.69, 9.17) is 4.98 Å². The van der Waals surface area contributed by atoms with Crippen molar-refractivity contribution in [2.24, 2.45) is 5.41 Å². The van der Waals surface area contributed by atoms with Gasteiger partial charge in [-0.25, -0.2) is 4.98 Å². The van der Waals surface area contributed by atoms with Crippen LogP contribution in [0, 0.1) is 12.3 Å². The topological polar surface area (TPSA) is 41.4 Å². The molecule has 3 atom stereocenters. The molecule has 2 aromatic carbocycles. The highest BCUT2D eigenvalue weighted by Gasteiger charge is 2.44. The summed E-state index contributed by atoms with van der Waals surface area (Å²) < 4.78 is 2.54. The van der Waals surface area contributed by atoms with Crippen LogP contribution in [0.25, 0.3) is 11.0 Å². The molecule has 214 valence electrons. The van der Waals surface area contributed by atoms with Gasteiger partial charge in [0.15, 0.2) is 0 Å². The maximum atomic E-state index is 13.1. The predicted octanol–water partition coefficient (Wildman–Crippen LogP) is 7.23. The fourth-order valence-electron chi connectivity index (χ4n) is 8.04. The van der Waals surface area contributed by atoms with Gasteiger partial charge in [-0.3, -0.25) is 9.69 Å². The summed E-state index contributed by atoms with van der Waals surface area (Å²) in [7, 11) is 0. The number of thioether (sulfide) groups is 1. The van der Waals surface area contributed by atoms with Crippen molar-refractivity contribution >= 4 is 28.7 Å². The lowest BCUT2D eigenvalue weighted by Crippen LogP contribution is -2.50. The summed E-state index contributed by atoms with van der Waals surface area (Å²) in [5.41, 5.74) is 3.71. The number of amides is 1. The molecule has 3 saturated heterocycles. The number of nitrogens with zero attached hydrogens (tertiary/aromatic N) is 4. The summed E-state index contributed by atoms with van der Waals surface area (Å²) >= 11 is 1.83. The molecule has 1 aromatic heterocycles. The molecule has 0 saturated carbocycles. The second-order valence-corrected chi connectivity index (χ2v) is 14.4. The van der Waals surface area contributed by atoms with Crippen molar-refractivity contribution in [2.45, 2.75) is 101 Å². The van der Waals surface area contributed by atoms with Crippen molar-refractivity contribution in [2.75, 3.05) is 25.9 Å². The van der Waals surface area contributed by atoms with Gasteiger partial charge in [0.25, 0.3) is 0 Å². The third-order valence-electron chi connectivity index (χ3n) is 10.2.